The average molecular weight is 403 g/mol. The van der Waals surface area contributed by atoms with Gasteiger partial charge in [0.25, 0.3) is 0 Å². The van der Waals surface area contributed by atoms with Crippen molar-refractivity contribution in [3.63, 3.8) is 0 Å². The number of nitrogens with zero attached hydrogens (tertiary/aromatic N) is 2. The molecule has 1 aromatic carbocycles. The Hall–Kier alpha value is -3.33. The molecule has 30 heavy (non-hydrogen) atoms. The SMILES string of the molecule is COc1cc(C#N)ccc1C1C(C=O)=C(C)Nc2c(C)cnc(OCC3CCC3)c21. The van der Waals surface area contributed by atoms with Crippen molar-refractivity contribution in [1.29, 1.82) is 5.26 Å². The largest absolute Gasteiger partial charge is 0.496 e. The lowest BCUT2D eigenvalue weighted by Crippen LogP contribution is -2.24. The summed E-state index contributed by atoms with van der Waals surface area (Å²) in [4.78, 5) is 16.7. The van der Waals surface area contributed by atoms with Gasteiger partial charge in [-0.05, 0) is 50.3 Å². The summed E-state index contributed by atoms with van der Waals surface area (Å²) in [6.45, 7) is 4.50. The third-order valence-electron chi connectivity index (χ3n) is 6.10. The van der Waals surface area contributed by atoms with E-state index in [1.807, 2.05) is 19.9 Å². The van der Waals surface area contributed by atoms with E-state index in [1.165, 1.54) is 19.3 Å². The van der Waals surface area contributed by atoms with Gasteiger partial charge in [0.2, 0.25) is 5.88 Å². The summed E-state index contributed by atoms with van der Waals surface area (Å²) in [5, 5.41) is 12.7. The van der Waals surface area contributed by atoms with Crippen molar-refractivity contribution in [2.45, 2.75) is 39.0 Å². The maximum Gasteiger partial charge on any atom is 0.219 e. The third kappa shape index (κ3) is 3.41. The first-order valence-electron chi connectivity index (χ1n) is 10.2. The standard InChI is InChI=1S/C24H25N3O3/c1-14-11-26-24(30-13-16-5-4-6-16)22-21(19(12-28)15(2)27-23(14)22)18-8-7-17(10-25)9-20(18)29-3/h7-9,11-12,16,21,27H,4-6,13H2,1-3H3. The fourth-order valence-corrected chi connectivity index (χ4v) is 4.14. The number of ether oxygens (including phenoxy) is 2. The van der Waals surface area contributed by atoms with Gasteiger partial charge in [0, 0.05) is 28.9 Å². The Labute approximate surface area is 176 Å². The monoisotopic (exact) mass is 403 g/mol. The van der Waals surface area contributed by atoms with Gasteiger partial charge in [0.15, 0.2) is 0 Å². The number of hydrogen-bond donors (Lipinski definition) is 1. The molecule has 0 amide bonds. The van der Waals surface area contributed by atoms with Crippen LogP contribution in [0.1, 0.15) is 54.4 Å². The van der Waals surface area contributed by atoms with Crippen LogP contribution in [0.15, 0.2) is 35.7 Å². The Morgan fingerprint density at radius 2 is 2.13 bits per heavy atom. The number of nitrogens with one attached hydrogen (secondary N) is 1. The van der Waals surface area contributed by atoms with Gasteiger partial charge < -0.3 is 14.8 Å². The Bertz CT molecular complexity index is 1060. The number of allylic oxidation sites excluding steroid dienone is 2. The van der Waals surface area contributed by atoms with Crippen molar-refractivity contribution in [2.75, 3.05) is 19.0 Å². The summed E-state index contributed by atoms with van der Waals surface area (Å²) in [6.07, 6.45) is 6.28. The second kappa shape index (κ2) is 8.19. The van der Waals surface area contributed by atoms with Crippen LogP contribution in [-0.4, -0.2) is 25.0 Å². The van der Waals surface area contributed by atoms with E-state index in [1.54, 1.807) is 25.4 Å². The summed E-state index contributed by atoms with van der Waals surface area (Å²) in [5.41, 5.74) is 5.42. The predicted molar refractivity (Wildman–Crippen MR) is 114 cm³/mol. The smallest absolute Gasteiger partial charge is 0.219 e. The molecule has 6 nitrogen and oxygen atoms in total. The lowest BCUT2D eigenvalue weighted by Gasteiger charge is -2.32. The zero-order valence-electron chi connectivity index (χ0n) is 17.5. The number of anilines is 1. The number of hydrogen-bond acceptors (Lipinski definition) is 6. The molecule has 1 N–H and O–H groups in total. The van der Waals surface area contributed by atoms with Crippen LogP contribution in [0.5, 0.6) is 11.6 Å². The maximum atomic E-state index is 12.2. The minimum Gasteiger partial charge on any atom is -0.496 e. The van der Waals surface area contributed by atoms with Gasteiger partial charge in [-0.15, -0.1) is 0 Å². The van der Waals surface area contributed by atoms with E-state index < -0.39 is 5.92 Å². The lowest BCUT2D eigenvalue weighted by molar-refractivity contribution is -0.105. The Morgan fingerprint density at radius 3 is 2.77 bits per heavy atom. The number of aromatic nitrogens is 1. The molecule has 1 saturated carbocycles. The van der Waals surface area contributed by atoms with Crippen molar-refractivity contribution in [3.05, 3.63) is 57.9 Å². The van der Waals surface area contributed by atoms with E-state index >= 15 is 0 Å². The number of aldehydes is 1. The number of fused-ring (bicyclic) bond motifs is 1. The van der Waals surface area contributed by atoms with Crippen molar-refractivity contribution < 1.29 is 14.3 Å². The molecule has 154 valence electrons. The van der Waals surface area contributed by atoms with E-state index in [9.17, 15) is 10.1 Å². The summed E-state index contributed by atoms with van der Waals surface area (Å²) < 4.78 is 11.8. The van der Waals surface area contributed by atoms with Crippen LogP contribution >= 0.6 is 0 Å². The minimum atomic E-state index is -0.398. The van der Waals surface area contributed by atoms with Gasteiger partial charge in [-0.25, -0.2) is 4.98 Å². The first-order valence-corrected chi connectivity index (χ1v) is 10.2. The Kier molecular flexibility index (Phi) is 5.45. The fraction of sp³-hybridized carbons (Fsp3) is 0.375. The number of benzene rings is 1. The molecule has 0 spiro atoms. The van der Waals surface area contributed by atoms with Crippen molar-refractivity contribution >= 4 is 12.0 Å². The number of aryl methyl sites for hydroxylation is 1. The number of nitriles is 1. The van der Waals surface area contributed by atoms with Crippen LogP contribution in [0.25, 0.3) is 0 Å². The van der Waals surface area contributed by atoms with E-state index in [4.69, 9.17) is 9.47 Å². The highest BCUT2D eigenvalue weighted by molar-refractivity contribution is 5.86. The molecule has 6 heteroatoms. The topological polar surface area (TPSA) is 84.2 Å². The molecule has 1 unspecified atom stereocenters. The van der Waals surface area contributed by atoms with Crippen molar-refractivity contribution in [3.8, 4) is 17.7 Å². The molecule has 1 aliphatic heterocycles. The highest BCUT2D eigenvalue weighted by atomic mass is 16.5. The van der Waals surface area contributed by atoms with Gasteiger partial charge in [-0.1, -0.05) is 12.5 Å². The highest BCUT2D eigenvalue weighted by Crippen LogP contribution is 2.48. The molecule has 2 aromatic rings. The van der Waals surface area contributed by atoms with Crippen LogP contribution < -0.4 is 14.8 Å². The normalized spacial score (nSPS) is 18.0. The molecule has 2 aliphatic rings. The summed E-state index contributed by atoms with van der Waals surface area (Å²) in [5.74, 6) is 1.26. The molecule has 0 bridgehead atoms. The molecule has 1 atom stereocenters. The van der Waals surface area contributed by atoms with Crippen LogP contribution in [0.3, 0.4) is 0 Å². The molecular formula is C24H25N3O3. The van der Waals surface area contributed by atoms with E-state index in [0.29, 0.717) is 35.3 Å². The van der Waals surface area contributed by atoms with Crippen LogP contribution in [0.4, 0.5) is 5.69 Å². The van der Waals surface area contributed by atoms with Crippen molar-refractivity contribution in [1.82, 2.24) is 4.98 Å². The fourth-order valence-electron chi connectivity index (χ4n) is 4.14. The molecule has 1 fully saturated rings. The third-order valence-corrected chi connectivity index (χ3v) is 6.10. The quantitative estimate of drug-likeness (QED) is 0.716. The second-order valence-corrected chi connectivity index (χ2v) is 7.97. The van der Waals surface area contributed by atoms with E-state index in [2.05, 4.69) is 16.4 Å². The summed E-state index contributed by atoms with van der Waals surface area (Å²) in [6, 6.07) is 7.44. The molecule has 0 saturated heterocycles. The van der Waals surface area contributed by atoms with Gasteiger partial charge in [0.05, 0.1) is 36.6 Å². The lowest BCUT2D eigenvalue weighted by atomic mass is 9.80. The minimum absolute atomic E-state index is 0.398. The van der Waals surface area contributed by atoms with Crippen LogP contribution in [-0.2, 0) is 4.79 Å². The summed E-state index contributed by atoms with van der Waals surface area (Å²) >= 11 is 0. The highest BCUT2D eigenvalue weighted by Gasteiger charge is 2.35. The number of carbonyl (C=O) groups is 1. The Balaban J connectivity index is 1.89. The van der Waals surface area contributed by atoms with E-state index in [0.717, 1.165) is 34.4 Å². The molecule has 0 radical (unpaired) electrons. The first kappa shape index (κ1) is 20.0. The zero-order valence-corrected chi connectivity index (χ0v) is 17.5. The Morgan fingerprint density at radius 1 is 1.33 bits per heavy atom. The number of rotatable bonds is 6. The average Bonchev–Trinajstić information content (AvgIpc) is 2.73. The first-order chi connectivity index (χ1) is 14.6. The van der Waals surface area contributed by atoms with Gasteiger partial charge >= 0.3 is 0 Å². The maximum absolute atomic E-state index is 12.2. The number of carbonyl (C=O) groups excluding carboxylic acids is 1. The van der Waals surface area contributed by atoms with Gasteiger partial charge in [0.1, 0.15) is 12.0 Å². The molecule has 2 heterocycles. The van der Waals surface area contributed by atoms with Crippen molar-refractivity contribution in [2.24, 2.45) is 5.92 Å². The van der Waals surface area contributed by atoms with Gasteiger partial charge in [-0.3, -0.25) is 4.79 Å². The number of methoxy groups -OCH3 is 1. The molecule has 1 aromatic heterocycles. The summed E-state index contributed by atoms with van der Waals surface area (Å²) in [7, 11) is 1.57. The predicted octanol–water partition coefficient (Wildman–Crippen LogP) is 4.48. The van der Waals surface area contributed by atoms with Gasteiger partial charge in [-0.2, -0.15) is 5.26 Å². The van der Waals surface area contributed by atoms with Crippen LogP contribution in [0, 0.1) is 24.2 Å². The molecular weight excluding hydrogens is 378 g/mol. The molecule has 4 rings (SSSR count). The zero-order chi connectivity index (χ0) is 21.3. The van der Waals surface area contributed by atoms with Crippen LogP contribution in [0.2, 0.25) is 0 Å². The van der Waals surface area contributed by atoms with E-state index in [-0.39, 0.29) is 0 Å². The number of pyridine rings is 1. The second-order valence-electron chi connectivity index (χ2n) is 7.97. The molecule has 1 aliphatic carbocycles.